The van der Waals surface area contributed by atoms with Crippen LogP contribution in [0.25, 0.3) is 0 Å². The van der Waals surface area contributed by atoms with Gasteiger partial charge in [-0.25, -0.2) is 4.79 Å². The van der Waals surface area contributed by atoms with Crippen LogP contribution in [0.2, 0.25) is 0 Å². The van der Waals surface area contributed by atoms with Crippen LogP contribution in [0, 0.1) is 0 Å². The van der Waals surface area contributed by atoms with Crippen molar-refractivity contribution in [3.63, 3.8) is 0 Å². The molecule has 4 N–H and O–H groups in total. The van der Waals surface area contributed by atoms with Crippen LogP contribution in [0.3, 0.4) is 0 Å². The Morgan fingerprint density at radius 3 is 2.32 bits per heavy atom. The molecule has 0 spiro atoms. The molecule has 1 aromatic rings. The Bertz CT molecular complexity index is 605. The van der Waals surface area contributed by atoms with E-state index in [2.05, 4.69) is 10.6 Å². The van der Waals surface area contributed by atoms with Crippen LogP contribution < -0.4 is 10.6 Å². The smallest absolute Gasteiger partial charge is 0.407 e. The van der Waals surface area contributed by atoms with E-state index in [0.717, 1.165) is 12.8 Å². The van der Waals surface area contributed by atoms with Gasteiger partial charge in [0.1, 0.15) is 17.8 Å². The molecule has 1 aromatic carbocycles. The molecule has 7 nitrogen and oxygen atoms in total. The summed E-state index contributed by atoms with van der Waals surface area (Å²) in [5, 5.41) is 25.5. The van der Waals surface area contributed by atoms with E-state index in [1.165, 1.54) is 0 Å². The van der Waals surface area contributed by atoms with Gasteiger partial charge in [0.2, 0.25) is 0 Å². The molecule has 0 saturated heterocycles. The van der Waals surface area contributed by atoms with Gasteiger partial charge in [0.15, 0.2) is 0 Å². The molecule has 2 amide bonds. The lowest BCUT2D eigenvalue weighted by Gasteiger charge is -2.22. The van der Waals surface area contributed by atoms with Crippen LogP contribution in [-0.2, 0) is 4.74 Å². The van der Waals surface area contributed by atoms with Gasteiger partial charge in [-0.05, 0) is 51.3 Å². The van der Waals surface area contributed by atoms with E-state index < -0.39 is 23.9 Å². The lowest BCUT2D eigenvalue weighted by atomic mass is 10.0. The molecule has 0 heterocycles. The summed E-state index contributed by atoms with van der Waals surface area (Å²) < 4.78 is 5.07. The van der Waals surface area contributed by atoms with Crippen LogP contribution in [0.15, 0.2) is 24.3 Å². The van der Waals surface area contributed by atoms with Crippen LogP contribution in [0.1, 0.15) is 55.6 Å². The van der Waals surface area contributed by atoms with Crippen molar-refractivity contribution in [3.8, 4) is 0 Å². The molecule has 7 heteroatoms. The van der Waals surface area contributed by atoms with E-state index in [1.807, 2.05) is 0 Å². The topological polar surface area (TPSA) is 108 Å². The minimum atomic E-state index is -1.20. The fraction of sp³-hybridized carbons (Fsp3) is 0.556. The van der Waals surface area contributed by atoms with Gasteiger partial charge in [0, 0.05) is 18.2 Å². The molecule has 0 bridgehead atoms. The molecular weight excluding hydrogens is 324 g/mol. The first-order chi connectivity index (χ1) is 11.7. The average molecular weight is 350 g/mol. The van der Waals surface area contributed by atoms with Gasteiger partial charge in [-0.1, -0.05) is 12.1 Å². The summed E-state index contributed by atoms with van der Waals surface area (Å²) in [6.45, 7) is 5.05. The second-order valence-electron chi connectivity index (χ2n) is 7.26. The maximum atomic E-state index is 11.9. The monoisotopic (exact) mass is 350 g/mol. The summed E-state index contributed by atoms with van der Waals surface area (Å²) in [6, 6.07) is 6.65. The van der Waals surface area contributed by atoms with E-state index in [9.17, 15) is 19.8 Å². The quantitative estimate of drug-likeness (QED) is 0.622. The number of rotatable bonds is 6. The summed E-state index contributed by atoms with van der Waals surface area (Å²) in [5.41, 5.74) is 0.329. The Kier molecular flexibility index (Phi) is 6.02. The van der Waals surface area contributed by atoms with Crippen molar-refractivity contribution in [3.05, 3.63) is 35.4 Å². The van der Waals surface area contributed by atoms with Gasteiger partial charge >= 0.3 is 6.09 Å². The number of aliphatic hydroxyl groups excluding tert-OH is 2. The fourth-order valence-electron chi connectivity index (χ4n) is 2.16. The zero-order chi connectivity index (χ0) is 18.6. The lowest BCUT2D eigenvalue weighted by molar-refractivity contribution is 0.0129. The predicted molar refractivity (Wildman–Crippen MR) is 92.1 cm³/mol. The van der Waals surface area contributed by atoms with Crippen LogP contribution >= 0.6 is 0 Å². The number of alkyl carbamates (subject to hydrolysis) is 1. The molecule has 1 aliphatic rings. The van der Waals surface area contributed by atoms with Crippen LogP contribution in [0.5, 0.6) is 0 Å². The van der Waals surface area contributed by atoms with Gasteiger partial charge in [0.05, 0.1) is 0 Å². The highest BCUT2D eigenvalue weighted by Crippen LogP contribution is 2.21. The first-order valence-corrected chi connectivity index (χ1v) is 8.39. The number of hydrogen-bond acceptors (Lipinski definition) is 5. The zero-order valence-electron chi connectivity index (χ0n) is 14.8. The molecule has 2 rings (SSSR count). The summed E-state index contributed by atoms with van der Waals surface area (Å²) in [6.07, 6.45) is -1.02. The summed E-state index contributed by atoms with van der Waals surface area (Å²) in [7, 11) is 0. The third kappa shape index (κ3) is 6.36. The number of benzene rings is 1. The molecule has 138 valence electrons. The minimum absolute atomic E-state index is 0.143. The minimum Gasteiger partial charge on any atom is -0.444 e. The Hall–Kier alpha value is -2.12. The van der Waals surface area contributed by atoms with Crippen LogP contribution in [0.4, 0.5) is 4.79 Å². The molecule has 2 unspecified atom stereocenters. The molecule has 0 aromatic heterocycles. The number of ether oxygens (including phenoxy) is 1. The molecule has 1 fully saturated rings. The summed E-state index contributed by atoms with van der Waals surface area (Å²) in [5.74, 6) is -0.143. The number of nitrogens with one attached hydrogen (secondary N) is 2. The summed E-state index contributed by atoms with van der Waals surface area (Å²) >= 11 is 0. The highest BCUT2D eigenvalue weighted by molar-refractivity contribution is 5.94. The SMILES string of the molecule is CC(C)(C)OC(=O)NCC(O)C(O)c1ccc(C(=O)NC2CC2)cc1. The Morgan fingerprint density at radius 1 is 1.20 bits per heavy atom. The summed E-state index contributed by atoms with van der Waals surface area (Å²) in [4.78, 5) is 23.5. The van der Waals surface area contributed by atoms with Crippen molar-refractivity contribution in [2.24, 2.45) is 0 Å². The first kappa shape index (κ1) is 19.2. The van der Waals surface area contributed by atoms with Crippen molar-refractivity contribution < 1.29 is 24.5 Å². The second-order valence-corrected chi connectivity index (χ2v) is 7.26. The van der Waals surface area contributed by atoms with Gasteiger partial charge in [-0.2, -0.15) is 0 Å². The largest absolute Gasteiger partial charge is 0.444 e. The maximum Gasteiger partial charge on any atom is 0.407 e. The molecule has 0 aliphatic heterocycles. The number of carbonyl (C=O) groups is 2. The first-order valence-electron chi connectivity index (χ1n) is 8.39. The Labute approximate surface area is 147 Å². The molecule has 1 aliphatic carbocycles. The predicted octanol–water partition coefficient (Wildman–Crippen LogP) is 1.50. The van der Waals surface area contributed by atoms with E-state index in [-0.39, 0.29) is 18.5 Å². The molecule has 0 radical (unpaired) electrons. The van der Waals surface area contributed by atoms with Crippen molar-refractivity contribution in [2.45, 2.75) is 57.5 Å². The zero-order valence-corrected chi connectivity index (χ0v) is 14.8. The second kappa shape index (κ2) is 7.84. The molecule has 25 heavy (non-hydrogen) atoms. The van der Waals surface area contributed by atoms with E-state index in [1.54, 1.807) is 45.0 Å². The van der Waals surface area contributed by atoms with Gasteiger partial charge in [-0.15, -0.1) is 0 Å². The Balaban J connectivity index is 1.85. The lowest BCUT2D eigenvalue weighted by Crippen LogP contribution is -2.38. The van der Waals surface area contributed by atoms with Crippen molar-refractivity contribution in [2.75, 3.05) is 6.54 Å². The number of aliphatic hydroxyl groups is 2. The third-order valence-corrected chi connectivity index (χ3v) is 3.65. The number of amides is 2. The fourth-order valence-corrected chi connectivity index (χ4v) is 2.16. The third-order valence-electron chi connectivity index (χ3n) is 3.65. The Morgan fingerprint density at radius 2 is 1.80 bits per heavy atom. The van der Waals surface area contributed by atoms with E-state index >= 15 is 0 Å². The normalized spacial score (nSPS) is 16.7. The van der Waals surface area contributed by atoms with Gasteiger partial charge in [-0.3, -0.25) is 4.79 Å². The van der Waals surface area contributed by atoms with Crippen molar-refractivity contribution in [1.82, 2.24) is 10.6 Å². The number of hydrogen-bond donors (Lipinski definition) is 4. The van der Waals surface area contributed by atoms with E-state index in [0.29, 0.717) is 11.1 Å². The van der Waals surface area contributed by atoms with Gasteiger partial charge in [0.25, 0.3) is 5.91 Å². The standard InChI is InChI=1S/C18H26N2O5/c1-18(2,3)25-17(24)19-10-14(21)15(22)11-4-6-12(7-5-11)16(23)20-13-8-9-13/h4-7,13-15,21-22H,8-10H2,1-3H3,(H,19,24)(H,20,23). The molecular formula is C18H26N2O5. The average Bonchev–Trinajstić information content (AvgIpc) is 3.34. The van der Waals surface area contributed by atoms with Crippen molar-refractivity contribution >= 4 is 12.0 Å². The maximum absolute atomic E-state index is 11.9. The highest BCUT2D eigenvalue weighted by Gasteiger charge is 2.24. The number of carbonyl (C=O) groups excluding carboxylic acids is 2. The molecule has 1 saturated carbocycles. The molecule has 2 atom stereocenters. The van der Waals surface area contributed by atoms with E-state index in [4.69, 9.17) is 4.74 Å². The van der Waals surface area contributed by atoms with Crippen LogP contribution in [-0.4, -0.2) is 46.5 Å². The van der Waals surface area contributed by atoms with Crippen molar-refractivity contribution in [1.29, 1.82) is 0 Å². The highest BCUT2D eigenvalue weighted by atomic mass is 16.6. The van der Waals surface area contributed by atoms with Gasteiger partial charge < -0.3 is 25.6 Å².